The molecule has 1 aromatic carbocycles. The Morgan fingerprint density at radius 2 is 2.11 bits per heavy atom. The molecule has 1 heterocycles. The second-order valence-corrected chi connectivity index (χ2v) is 4.36. The van der Waals surface area contributed by atoms with Gasteiger partial charge >= 0.3 is 0 Å². The van der Waals surface area contributed by atoms with Gasteiger partial charge in [-0.25, -0.2) is 13.2 Å². The van der Waals surface area contributed by atoms with E-state index in [1.54, 1.807) is 0 Å². The van der Waals surface area contributed by atoms with E-state index in [-0.39, 0.29) is 11.8 Å². The van der Waals surface area contributed by atoms with E-state index in [0.29, 0.717) is 13.2 Å². The van der Waals surface area contributed by atoms with Gasteiger partial charge in [-0.15, -0.1) is 0 Å². The van der Waals surface area contributed by atoms with Crippen LogP contribution in [0.25, 0.3) is 0 Å². The lowest BCUT2D eigenvalue weighted by Crippen LogP contribution is -2.43. The largest absolute Gasteiger partial charge is 0.380 e. The first kappa shape index (κ1) is 13.2. The summed E-state index contributed by atoms with van der Waals surface area (Å²) in [4.78, 5) is 2.09. The van der Waals surface area contributed by atoms with Crippen LogP contribution < -0.4 is 5.32 Å². The summed E-state index contributed by atoms with van der Waals surface area (Å²) in [5.74, 6) is -3.84. The van der Waals surface area contributed by atoms with Crippen LogP contribution in [0.2, 0.25) is 0 Å². The van der Waals surface area contributed by atoms with E-state index in [2.05, 4.69) is 10.2 Å². The molecule has 6 heteroatoms. The number of anilines is 1. The van der Waals surface area contributed by atoms with Crippen LogP contribution in [-0.4, -0.2) is 44.3 Å². The standard InChI is InChI=1S/C12H15F3N2O/c1-17-4-5-18-8(7-17)6-16-10-3-2-9(13)11(14)12(10)15/h2-3,8,16H,4-7H2,1H3. The molecule has 0 amide bonds. The van der Waals surface area contributed by atoms with Crippen molar-refractivity contribution in [3.8, 4) is 0 Å². The van der Waals surface area contributed by atoms with Crippen molar-refractivity contribution in [2.24, 2.45) is 0 Å². The minimum absolute atomic E-state index is 0.0503. The molecule has 0 saturated carbocycles. The summed E-state index contributed by atoms with van der Waals surface area (Å²) >= 11 is 0. The van der Waals surface area contributed by atoms with Crippen molar-refractivity contribution < 1.29 is 17.9 Å². The Kier molecular flexibility index (Phi) is 4.08. The molecule has 1 aliphatic heterocycles. The number of hydrogen-bond donors (Lipinski definition) is 1. The predicted molar refractivity (Wildman–Crippen MR) is 62.0 cm³/mol. The zero-order chi connectivity index (χ0) is 13.1. The molecule has 1 saturated heterocycles. The van der Waals surface area contributed by atoms with Crippen LogP contribution in [0.3, 0.4) is 0 Å². The van der Waals surface area contributed by atoms with Gasteiger partial charge in [0.2, 0.25) is 0 Å². The average Bonchev–Trinajstić information content (AvgIpc) is 2.35. The zero-order valence-corrected chi connectivity index (χ0v) is 10.0. The maximum absolute atomic E-state index is 13.4. The van der Waals surface area contributed by atoms with Gasteiger partial charge in [0, 0.05) is 19.6 Å². The molecular weight excluding hydrogens is 245 g/mol. The highest BCUT2D eigenvalue weighted by molar-refractivity contribution is 5.45. The number of morpholine rings is 1. The summed E-state index contributed by atoms with van der Waals surface area (Å²) in [6.07, 6.45) is -0.0868. The van der Waals surface area contributed by atoms with Crippen molar-refractivity contribution in [2.45, 2.75) is 6.10 Å². The number of rotatable bonds is 3. The Balaban J connectivity index is 1.96. The molecule has 1 unspecified atom stereocenters. The molecule has 3 nitrogen and oxygen atoms in total. The molecule has 0 aliphatic carbocycles. The second-order valence-electron chi connectivity index (χ2n) is 4.36. The van der Waals surface area contributed by atoms with Crippen LogP contribution in [0, 0.1) is 17.5 Å². The van der Waals surface area contributed by atoms with Crippen molar-refractivity contribution in [3.63, 3.8) is 0 Å². The topological polar surface area (TPSA) is 24.5 Å². The molecule has 100 valence electrons. The van der Waals surface area contributed by atoms with Crippen LogP contribution in [0.4, 0.5) is 18.9 Å². The van der Waals surface area contributed by atoms with E-state index in [4.69, 9.17) is 4.74 Å². The van der Waals surface area contributed by atoms with Crippen LogP contribution in [0.1, 0.15) is 0 Å². The normalized spacial score (nSPS) is 21.0. The summed E-state index contributed by atoms with van der Waals surface area (Å²) in [6.45, 7) is 2.55. The third kappa shape index (κ3) is 2.94. The number of nitrogens with zero attached hydrogens (tertiary/aromatic N) is 1. The van der Waals surface area contributed by atoms with Gasteiger partial charge in [0.1, 0.15) is 0 Å². The summed E-state index contributed by atoms with van der Waals surface area (Å²) in [7, 11) is 1.97. The Bertz CT molecular complexity index is 428. The average molecular weight is 260 g/mol. The molecule has 1 fully saturated rings. The minimum atomic E-state index is -1.46. The van der Waals surface area contributed by atoms with Crippen LogP contribution in [0.5, 0.6) is 0 Å². The maximum atomic E-state index is 13.4. The highest BCUT2D eigenvalue weighted by Gasteiger charge is 2.19. The van der Waals surface area contributed by atoms with Gasteiger partial charge in [-0.05, 0) is 19.2 Å². The van der Waals surface area contributed by atoms with Crippen molar-refractivity contribution in [2.75, 3.05) is 38.6 Å². The van der Waals surface area contributed by atoms with Crippen molar-refractivity contribution in [3.05, 3.63) is 29.6 Å². The molecule has 1 aliphatic rings. The third-order valence-corrected chi connectivity index (χ3v) is 2.90. The van der Waals surface area contributed by atoms with E-state index in [1.165, 1.54) is 6.07 Å². The molecule has 18 heavy (non-hydrogen) atoms. The zero-order valence-electron chi connectivity index (χ0n) is 10.0. The van der Waals surface area contributed by atoms with Gasteiger partial charge in [0.15, 0.2) is 17.5 Å². The van der Waals surface area contributed by atoms with Gasteiger partial charge in [0.25, 0.3) is 0 Å². The summed E-state index contributed by atoms with van der Waals surface area (Å²) < 4.78 is 44.6. The van der Waals surface area contributed by atoms with Crippen molar-refractivity contribution in [1.82, 2.24) is 4.90 Å². The highest BCUT2D eigenvalue weighted by atomic mass is 19.2. The van der Waals surface area contributed by atoms with Crippen LogP contribution in [0.15, 0.2) is 12.1 Å². The fraction of sp³-hybridized carbons (Fsp3) is 0.500. The van der Waals surface area contributed by atoms with Gasteiger partial charge in [-0.1, -0.05) is 0 Å². The quantitative estimate of drug-likeness (QED) is 0.839. The molecular formula is C12H15F3N2O. The molecule has 0 bridgehead atoms. The van der Waals surface area contributed by atoms with Gasteiger partial charge < -0.3 is 15.0 Å². The predicted octanol–water partition coefficient (Wildman–Crippen LogP) is 1.85. The fourth-order valence-corrected chi connectivity index (χ4v) is 1.88. The van der Waals surface area contributed by atoms with Crippen molar-refractivity contribution in [1.29, 1.82) is 0 Å². The van der Waals surface area contributed by atoms with Crippen molar-refractivity contribution >= 4 is 5.69 Å². The monoisotopic (exact) mass is 260 g/mol. The van der Waals surface area contributed by atoms with E-state index in [9.17, 15) is 13.2 Å². The Labute approximate surface area is 104 Å². The first-order valence-corrected chi connectivity index (χ1v) is 5.75. The molecule has 1 atom stereocenters. The van der Waals surface area contributed by atoms with Gasteiger partial charge in [-0.3, -0.25) is 0 Å². The van der Waals surface area contributed by atoms with E-state index in [0.717, 1.165) is 19.2 Å². The first-order valence-electron chi connectivity index (χ1n) is 5.75. The SMILES string of the molecule is CN1CCOC(CNc2ccc(F)c(F)c2F)C1. The number of likely N-dealkylation sites (N-methyl/N-ethyl adjacent to an activating group) is 1. The Morgan fingerprint density at radius 1 is 1.33 bits per heavy atom. The Morgan fingerprint density at radius 3 is 2.83 bits per heavy atom. The molecule has 1 aromatic rings. The molecule has 0 aromatic heterocycles. The Hall–Kier alpha value is -1.27. The lowest BCUT2D eigenvalue weighted by atomic mass is 10.2. The number of hydrogen-bond acceptors (Lipinski definition) is 3. The summed E-state index contributed by atoms with van der Waals surface area (Å²) in [5, 5.41) is 2.74. The van der Waals surface area contributed by atoms with Crippen LogP contribution >= 0.6 is 0 Å². The molecule has 0 spiro atoms. The van der Waals surface area contributed by atoms with E-state index < -0.39 is 17.5 Å². The number of benzene rings is 1. The first-order chi connectivity index (χ1) is 8.58. The van der Waals surface area contributed by atoms with E-state index in [1.807, 2.05) is 7.05 Å². The molecule has 2 rings (SSSR count). The van der Waals surface area contributed by atoms with Crippen LogP contribution in [-0.2, 0) is 4.74 Å². The van der Waals surface area contributed by atoms with E-state index >= 15 is 0 Å². The fourth-order valence-electron chi connectivity index (χ4n) is 1.88. The van der Waals surface area contributed by atoms with Gasteiger partial charge in [-0.2, -0.15) is 0 Å². The lowest BCUT2D eigenvalue weighted by molar-refractivity contribution is -0.0117. The summed E-state index contributed by atoms with van der Waals surface area (Å²) in [5.41, 5.74) is -0.0503. The third-order valence-electron chi connectivity index (χ3n) is 2.90. The second kappa shape index (κ2) is 5.58. The summed E-state index contributed by atoms with van der Waals surface area (Å²) in [6, 6.07) is 2.08. The lowest BCUT2D eigenvalue weighted by Gasteiger charge is -2.30. The number of nitrogens with one attached hydrogen (secondary N) is 1. The number of halogens is 3. The number of ether oxygens (including phenoxy) is 1. The molecule has 1 N–H and O–H groups in total. The smallest absolute Gasteiger partial charge is 0.196 e. The maximum Gasteiger partial charge on any atom is 0.196 e. The van der Waals surface area contributed by atoms with Gasteiger partial charge in [0.05, 0.1) is 18.4 Å². The molecule has 0 radical (unpaired) electrons. The highest BCUT2D eigenvalue weighted by Crippen LogP contribution is 2.19. The minimum Gasteiger partial charge on any atom is -0.380 e.